The third-order valence-corrected chi connectivity index (χ3v) is 2.43. The minimum Gasteiger partial charge on any atom is -0.353 e. The fourth-order valence-corrected chi connectivity index (χ4v) is 1.33. The summed E-state index contributed by atoms with van der Waals surface area (Å²) in [5.74, 6) is 1.42. The van der Waals surface area contributed by atoms with Crippen LogP contribution in [0.2, 0.25) is 0 Å². The van der Waals surface area contributed by atoms with E-state index in [1.165, 1.54) is 0 Å². The predicted octanol–water partition coefficient (Wildman–Crippen LogP) is 2.04. The van der Waals surface area contributed by atoms with E-state index in [-0.39, 0.29) is 6.29 Å². The van der Waals surface area contributed by atoms with E-state index in [4.69, 9.17) is 9.47 Å². The SMILES string of the molecule is CCO[C@H]1C[C@@H](C)[C@H](C)CO1. The molecule has 0 spiro atoms. The molecule has 0 aliphatic carbocycles. The van der Waals surface area contributed by atoms with E-state index >= 15 is 0 Å². The Bertz CT molecular complexity index is 114. The largest absolute Gasteiger partial charge is 0.353 e. The molecule has 1 aliphatic heterocycles. The molecule has 66 valence electrons. The molecule has 0 bridgehead atoms. The summed E-state index contributed by atoms with van der Waals surface area (Å²) in [4.78, 5) is 0. The van der Waals surface area contributed by atoms with Crippen molar-refractivity contribution in [3.63, 3.8) is 0 Å². The molecule has 0 N–H and O–H groups in total. The molecule has 2 heteroatoms. The summed E-state index contributed by atoms with van der Waals surface area (Å²) >= 11 is 0. The fraction of sp³-hybridized carbons (Fsp3) is 1.00. The Kier molecular flexibility index (Phi) is 3.34. The van der Waals surface area contributed by atoms with E-state index < -0.39 is 0 Å². The van der Waals surface area contributed by atoms with Crippen LogP contribution in [0, 0.1) is 11.8 Å². The van der Waals surface area contributed by atoms with Crippen molar-refractivity contribution in [1.82, 2.24) is 0 Å². The summed E-state index contributed by atoms with van der Waals surface area (Å²) in [6.07, 6.45) is 1.11. The highest BCUT2D eigenvalue weighted by molar-refractivity contribution is 4.68. The number of rotatable bonds is 2. The Morgan fingerprint density at radius 2 is 2.09 bits per heavy atom. The standard InChI is InChI=1S/C9H18O2/c1-4-10-9-5-7(2)8(3)6-11-9/h7-9H,4-6H2,1-3H3/t7-,8-,9-/m1/s1. The zero-order chi connectivity index (χ0) is 8.27. The third-order valence-electron chi connectivity index (χ3n) is 2.43. The fourth-order valence-electron chi connectivity index (χ4n) is 1.33. The Hall–Kier alpha value is -0.0800. The molecule has 1 rings (SSSR count). The lowest BCUT2D eigenvalue weighted by atomic mass is 9.91. The van der Waals surface area contributed by atoms with Crippen molar-refractivity contribution < 1.29 is 9.47 Å². The number of hydrogen-bond donors (Lipinski definition) is 0. The van der Waals surface area contributed by atoms with Gasteiger partial charge in [0.15, 0.2) is 6.29 Å². The van der Waals surface area contributed by atoms with Gasteiger partial charge in [0.25, 0.3) is 0 Å². The van der Waals surface area contributed by atoms with Crippen LogP contribution in [0.25, 0.3) is 0 Å². The van der Waals surface area contributed by atoms with Crippen molar-refractivity contribution >= 4 is 0 Å². The van der Waals surface area contributed by atoms with Crippen molar-refractivity contribution in [3.05, 3.63) is 0 Å². The molecule has 3 atom stereocenters. The van der Waals surface area contributed by atoms with Crippen LogP contribution in [0.5, 0.6) is 0 Å². The first kappa shape index (κ1) is 9.01. The summed E-state index contributed by atoms with van der Waals surface area (Å²) in [5.41, 5.74) is 0. The average molecular weight is 158 g/mol. The van der Waals surface area contributed by atoms with Gasteiger partial charge in [-0.15, -0.1) is 0 Å². The van der Waals surface area contributed by atoms with E-state index in [0.717, 1.165) is 25.6 Å². The monoisotopic (exact) mass is 158 g/mol. The molecule has 1 saturated heterocycles. The summed E-state index contributed by atoms with van der Waals surface area (Å²) in [6.45, 7) is 8.11. The van der Waals surface area contributed by atoms with Gasteiger partial charge >= 0.3 is 0 Å². The maximum Gasteiger partial charge on any atom is 0.157 e. The molecule has 0 aromatic heterocycles. The molecular weight excluding hydrogens is 140 g/mol. The second-order valence-corrected chi connectivity index (χ2v) is 3.41. The zero-order valence-electron chi connectivity index (χ0n) is 7.67. The van der Waals surface area contributed by atoms with Crippen LogP contribution in [-0.2, 0) is 9.47 Å². The highest BCUT2D eigenvalue weighted by Gasteiger charge is 2.24. The second-order valence-electron chi connectivity index (χ2n) is 3.41. The van der Waals surface area contributed by atoms with Crippen molar-refractivity contribution in [3.8, 4) is 0 Å². The summed E-state index contributed by atoms with van der Waals surface area (Å²) in [7, 11) is 0. The van der Waals surface area contributed by atoms with Crippen molar-refractivity contribution in [2.45, 2.75) is 33.5 Å². The highest BCUT2D eigenvalue weighted by atomic mass is 16.7. The first-order valence-corrected chi connectivity index (χ1v) is 4.47. The first-order chi connectivity index (χ1) is 5.24. The Morgan fingerprint density at radius 3 is 2.64 bits per heavy atom. The molecule has 0 aromatic carbocycles. The molecule has 0 amide bonds. The smallest absolute Gasteiger partial charge is 0.157 e. The lowest BCUT2D eigenvalue weighted by molar-refractivity contribution is -0.183. The molecule has 1 aliphatic rings. The lowest BCUT2D eigenvalue weighted by Gasteiger charge is -2.31. The van der Waals surface area contributed by atoms with E-state index in [1.807, 2.05) is 6.92 Å². The van der Waals surface area contributed by atoms with Crippen LogP contribution in [0.15, 0.2) is 0 Å². The molecular formula is C9H18O2. The molecule has 1 heterocycles. The van der Waals surface area contributed by atoms with E-state index in [2.05, 4.69) is 13.8 Å². The van der Waals surface area contributed by atoms with Gasteiger partial charge in [-0.3, -0.25) is 0 Å². The first-order valence-electron chi connectivity index (χ1n) is 4.47. The normalized spacial score (nSPS) is 39.0. The Labute approximate surface area is 68.9 Å². The minimum absolute atomic E-state index is 0.0613. The van der Waals surface area contributed by atoms with Crippen LogP contribution < -0.4 is 0 Å². The maximum absolute atomic E-state index is 5.48. The van der Waals surface area contributed by atoms with Gasteiger partial charge in [-0.2, -0.15) is 0 Å². The highest BCUT2D eigenvalue weighted by Crippen LogP contribution is 2.25. The van der Waals surface area contributed by atoms with Gasteiger partial charge < -0.3 is 9.47 Å². The van der Waals surface area contributed by atoms with Crippen molar-refractivity contribution in [2.24, 2.45) is 11.8 Å². The van der Waals surface area contributed by atoms with Gasteiger partial charge in [0.05, 0.1) is 6.61 Å². The number of hydrogen-bond acceptors (Lipinski definition) is 2. The van der Waals surface area contributed by atoms with Gasteiger partial charge in [-0.05, 0) is 18.8 Å². The van der Waals surface area contributed by atoms with E-state index in [0.29, 0.717) is 5.92 Å². The summed E-state index contributed by atoms with van der Waals surface area (Å²) in [6, 6.07) is 0. The molecule has 1 fully saturated rings. The van der Waals surface area contributed by atoms with Gasteiger partial charge in [0, 0.05) is 13.0 Å². The summed E-state index contributed by atoms with van der Waals surface area (Å²) in [5, 5.41) is 0. The third kappa shape index (κ3) is 2.46. The van der Waals surface area contributed by atoms with Gasteiger partial charge in [0.1, 0.15) is 0 Å². The van der Waals surface area contributed by atoms with Crippen LogP contribution in [0.3, 0.4) is 0 Å². The lowest BCUT2D eigenvalue weighted by Crippen LogP contribution is -2.32. The molecule has 2 nitrogen and oxygen atoms in total. The molecule has 0 saturated carbocycles. The minimum atomic E-state index is 0.0613. The molecule has 0 aromatic rings. The van der Waals surface area contributed by atoms with Gasteiger partial charge in [-0.1, -0.05) is 13.8 Å². The molecule has 11 heavy (non-hydrogen) atoms. The summed E-state index contributed by atoms with van der Waals surface area (Å²) < 4.78 is 10.9. The molecule has 0 unspecified atom stereocenters. The average Bonchev–Trinajstić information content (AvgIpc) is 1.98. The maximum atomic E-state index is 5.48. The van der Waals surface area contributed by atoms with Crippen molar-refractivity contribution in [2.75, 3.05) is 13.2 Å². The van der Waals surface area contributed by atoms with Gasteiger partial charge in [0.2, 0.25) is 0 Å². The van der Waals surface area contributed by atoms with Crippen LogP contribution in [0.1, 0.15) is 27.2 Å². The number of ether oxygens (including phenoxy) is 2. The topological polar surface area (TPSA) is 18.5 Å². The van der Waals surface area contributed by atoms with Gasteiger partial charge in [-0.25, -0.2) is 0 Å². The predicted molar refractivity (Wildman–Crippen MR) is 44.3 cm³/mol. The van der Waals surface area contributed by atoms with Crippen molar-refractivity contribution in [1.29, 1.82) is 0 Å². The second kappa shape index (κ2) is 4.07. The Morgan fingerprint density at radius 1 is 1.36 bits per heavy atom. The van der Waals surface area contributed by atoms with Crippen LogP contribution in [-0.4, -0.2) is 19.5 Å². The van der Waals surface area contributed by atoms with Crippen LogP contribution in [0.4, 0.5) is 0 Å². The quantitative estimate of drug-likeness (QED) is 0.612. The van der Waals surface area contributed by atoms with E-state index in [1.54, 1.807) is 0 Å². The van der Waals surface area contributed by atoms with Crippen LogP contribution >= 0.6 is 0 Å². The molecule has 0 radical (unpaired) electrons. The zero-order valence-corrected chi connectivity index (χ0v) is 7.67. The van der Waals surface area contributed by atoms with E-state index in [9.17, 15) is 0 Å². The Balaban J connectivity index is 2.28.